The van der Waals surface area contributed by atoms with Crippen LogP contribution in [-0.2, 0) is 0 Å². The van der Waals surface area contributed by atoms with Crippen LogP contribution in [0.25, 0.3) is 16.6 Å². The van der Waals surface area contributed by atoms with E-state index < -0.39 is 0 Å². The number of pyridine rings is 2. The van der Waals surface area contributed by atoms with Gasteiger partial charge in [0.05, 0.1) is 29.5 Å². The maximum absolute atomic E-state index is 13.7. The molecule has 0 aromatic carbocycles. The molecule has 0 radical (unpaired) electrons. The topological polar surface area (TPSA) is 83.8 Å². The highest BCUT2D eigenvalue weighted by Crippen LogP contribution is 2.35. The second-order valence-corrected chi connectivity index (χ2v) is 8.24. The first kappa shape index (κ1) is 18.8. The van der Waals surface area contributed by atoms with E-state index in [1.807, 2.05) is 29.3 Å². The average molecular weight is 419 g/mol. The smallest absolute Gasteiger partial charge is 0.127 e. The van der Waals surface area contributed by atoms with Crippen LogP contribution in [0.15, 0.2) is 59.1 Å². The summed E-state index contributed by atoms with van der Waals surface area (Å²) in [5.41, 5.74) is 3.03. The Morgan fingerprint density at radius 3 is 2.93 bits per heavy atom. The van der Waals surface area contributed by atoms with E-state index in [1.54, 1.807) is 10.7 Å². The molecule has 1 N–H and O–H groups in total. The minimum absolute atomic E-state index is 0.344. The first-order valence-electron chi connectivity index (χ1n) is 9.67. The third-order valence-electron chi connectivity index (χ3n) is 5.19. The third kappa shape index (κ3) is 3.56. The van der Waals surface area contributed by atoms with Crippen LogP contribution >= 0.6 is 11.8 Å². The second-order valence-electron chi connectivity index (χ2n) is 7.18. The van der Waals surface area contributed by atoms with E-state index in [2.05, 4.69) is 26.6 Å². The molecular formula is C21H18FN7S. The third-order valence-corrected chi connectivity index (χ3v) is 6.15. The normalized spacial score (nSPS) is 16.6. The fourth-order valence-corrected chi connectivity index (χ4v) is 4.70. The van der Waals surface area contributed by atoms with Gasteiger partial charge in [-0.1, -0.05) is 11.8 Å². The van der Waals surface area contributed by atoms with E-state index in [9.17, 15) is 9.65 Å². The Morgan fingerprint density at radius 1 is 1.20 bits per heavy atom. The van der Waals surface area contributed by atoms with E-state index in [4.69, 9.17) is 0 Å². The summed E-state index contributed by atoms with van der Waals surface area (Å²) in [7, 11) is 0. The number of rotatable bonds is 4. The lowest BCUT2D eigenvalue weighted by Crippen LogP contribution is -2.31. The van der Waals surface area contributed by atoms with Gasteiger partial charge < -0.3 is 5.32 Å². The average Bonchev–Trinajstić information content (AvgIpc) is 3.42. The van der Waals surface area contributed by atoms with Crippen molar-refractivity contribution in [2.45, 2.75) is 28.8 Å². The zero-order valence-electron chi connectivity index (χ0n) is 16.0. The predicted molar refractivity (Wildman–Crippen MR) is 111 cm³/mol. The van der Waals surface area contributed by atoms with Crippen LogP contribution in [0, 0.1) is 17.1 Å². The number of hydrogen-bond donors (Lipinski definition) is 1. The molecule has 4 aromatic heterocycles. The maximum atomic E-state index is 13.7. The molecule has 0 spiro atoms. The van der Waals surface area contributed by atoms with Gasteiger partial charge in [-0.25, -0.2) is 13.9 Å². The summed E-state index contributed by atoms with van der Waals surface area (Å²) in [6.45, 7) is 1.97. The molecule has 1 fully saturated rings. The molecule has 1 unspecified atom stereocenters. The number of piperidine rings is 1. The summed E-state index contributed by atoms with van der Waals surface area (Å²) >= 11 is 1.31. The number of nitrogens with zero attached hydrogens (tertiary/aromatic N) is 6. The lowest BCUT2D eigenvalue weighted by atomic mass is 10.1. The summed E-state index contributed by atoms with van der Waals surface area (Å²) in [5.74, 6) is -0.351. The van der Waals surface area contributed by atoms with E-state index in [1.165, 1.54) is 30.1 Å². The molecule has 1 atom stereocenters. The van der Waals surface area contributed by atoms with Crippen LogP contribution in [0.1, 0.15) is 24.4 Å². The first-order chi connectivity index (χ1) is 14.7. The highest BCUT2D eigenvalue weighted by molar-refractivity contribution is 7.99. The zero-order chi connectivity index (χ0) is 20.5. The lowest BCUT2D eigenvalue weighted by molar-refractivity contribution is 0.347. The summed E-state index contributed by atoms with van der Waals surface area (Å²) in [5, 5.41) is 22.3. The van der Waals surface area contributed by atoms with Gasteiger partial charge in [0.2, 0.25) is 0 Å². The van der Waals surface area contributed by atoms with E-state index in [0.717, 1.165) is 42.0 Å². The molecule has 0 bridgehead atoms. The highest BCUT2D eigenvalue weighted by atomic mass is 32.2. The number of nitriles is 1. The molecule has 5 heterocycles. The van der Waals surface area contributed by atoms with Gasteiger partial charge in [0.15, 0.2) is 0 Å². The summed E-state index contributed by atoms with van der Waals surface area (Å²) in [6, 6.07) is 7.19. The van der Waals surface area contributed by atoms with Crippen LogP contribution < -0.4 is 5.32 Å². The van der Waals surface area contributed by atoms with Crippen molar-refractivity contribution in [3.8, 4) is 17.2 Å². The molecule has 1 saturated heterocycles. The molecular weight excluding hydrogens is 401 g/mol. The van der Waals surface area contributed by atoms with Crippen molar-refractivity contribution >= 4 is 17.3 Å². The largest absolute Gasteiger partial charge is 0.315 e. The van der Waals surface area contributed by atoms with Gasteiger partial charge in [0.1, 0.15) is 16.9 Å². The Balaban J connectivity index is 1.56. The number of aromatic nitrogens is 5. The van der Waals surface area contributed by atoms with Gasteiger partial charge in [-0.05, 0) is 31.5 Å². The molecule has 0 amide bonds. The van der Waals surface area contributed by atoms with Crippen LogP contribution in [0.3, 0.4) is 0 Å². The molecule has 7 nitrogen and oxygen atoms in total. The second kappa shape index (κ2) is 7.89. The van der Waals surface area contributed by atoms with Gasteiger partial charge in [0, 0.05) is 47.2 Å². The summed E-state index contributed by atoms with van der Waals surface area (Å²) in [4.78, 5) is 5.02. The fraction of sp³-hybridized carbons (Fsp3) is 0.238. The Kier molecular flexibility index (Phi) is 4.94. The minimum atomic E-state index is -0.351. The SMILES string of the molecule is N#Cc1cnn2cc(-c3cnn(C4CCCNC4)c3)cc(Sc3cc(F)ccn3)c12. The number of nitrogens with one attached hydrogen (secondary N) is 1. The molecule has 0 aliphatic carbocycles. The predicted octanol–water partition coefficient (Wildman–Crippen LogP) is 3.68. The van der Waals surface area contributed by atoms with Crippen molar-refractivity contribution in [1.82, 2.24) is 29.7 Å². The number of fused-ring (bicyclic) bond motifs is 1. The zero-order valence-corrected chi connectivity index (χ0v) is 16.8. The monoisotopic (exact) mass is 419 g/mol. The Labute approximate surface area is 176 Å². The van der Waals surface area contributed by atoms with Crippen molar-refractivity contribution in [2.75, 3.05) is 13.1 Å². The van der Waals surface area contributed by atoms with E-state index >= 15 is 0 Å². The van der Waals surface area contributed by atoms with Crippen molar-refractivity contribution in [3.63, 3.8) is 0 Å². The number of hydrogen-bond acceptors (Lipinski definition) is 6. The summed E-state index contributed by atoms with van der Waals surface area (Å²) in [6.07, 6.45) is 11.0. The molecule has 1 aliphatic heterocycles. The van der Waals surface area contributed by atoms with E-state index in [-0.39, 0.29) is 5.82 Å². The molecule has 1 aliphatic rings. The molecule has 9 heteroatoms. The minimum Gasteiger partial charge on any atom is -0.315 e. The van der Waals surface area contributed by atoms with Crippen molar-refractivity contribution in [3.05, 3.63) is 60.6 Å². The standard InChI is InChI=1S/C21H18FN7S/c22-17-3-5-25-20(7-17)30-19-6-14(12-29-21(19)15(8-23)9-27-29)16-10-26-28(13-16)18-2-1-4-24-11-18/h3,5-7,9-10,12-13,18,24H,1-2,4,11H2. The molecule has 30 heavy (non-hydrogen) atoms. The van der Waals surface area contributed by atoms with Gasteiger partial charge in [0.25, 0.3) is 0 Å². The Hall–Kier alpha value is -3.22. The van der Waals surface area contributed by atoms with Crippen molar-refractivity contribution in [1.29, 1.82) is 5.26 Å². The molecule has 0 saturated carbocycles. The van der Waals surface area contributed by atoms with Gasteiger partial charge in [-0.2, -0.15) is 15.5 Å². The van der Waals surface area contributed by atoms with Crippen LogP contribution in [0.4, 0.5) is 4.39 Å². The Bertz CT molecular complexity index is 1250. The maximum Gasteiger partial charge on any atom is 0.127 e. The van der Waals surface area contributed by atoms with Crippen LogP contribution in [0.5, 0.6) is 0 Å². The van der Waals surface area contributed by atoms with Crippen LogP contribution in [0.2, 0.25) is 0 Å². The van der Waals surface area contributed by atoms with Crippen LogP contribution in [-0.4, -0.2) is 37.5 Å². The summed E-state index contributed by atoms with van der Waals surface area (Å²) < 4.78 is 17.4. The lowest BCUT2D eigenvalue weighted by Gasteiger charge is -2.22. The van der Waals surface area contributed by atoms with Gasteiger partial charge in [-0.15, -0.1) is 0 Å². The van der Waals surface area contributed by atoms with Gasteiger partial charge in [-0.3, -0.25) is 4.68 Å². The first-order valence-corrected chi connectivity index (χ1v) is 10.5. The van der Waals surface area contributed by atoms with Gasteiger partial charge >= 0.3 is 0 Å². The number of halogens is 1. The molecule has 4 aromatic rings. The highest BCUT2D eigenvalue weighted by Gasteiger charge is 2.18. The molecule has 5 rings (SSSR count). The quantitative estimate of drug-likeness (QED) is 0.543. The van der Waals surface area contributed by atoms with Crippen molar-refractivity contribution < 1.29 is 4.39 Å². The molecule has 150 valence electrons. The van der Waals surface area contributed by atoms with E-state index in [0.29, 0.717) is 22.1 Å². The fourth-order valence-electron chi connectivity index (χ4n) is 3.70. The Morgan fingerprint density at radius 2 is 2.13 bits per heavy atom. The van der Waals surface area contributed by atoms with Crippen molar-refractivity contribution in [2.24, 2.45) is 0 Å².